The summed E-state index contributed by atoms with van der Waals surface area (Å²) in [6, 6.07) is 10.1. The third kappa shape index (κ3) is 5.61. The summed E-state index contributed by atoms with van der Waals surface area (Å²) in [7, 11) is 3.52. The van der Waals surface area contributed by atoms with Gasteiger partial charge in [-0.25, -0.2) is 9.97 Å². The molecule has 0 bridgehead atoms. The van der Waals surface area contributed by atoms with Gasteiger partial charge in [0.1, 0.15) is 6.10 Å². The molecule has 4 aromatic heterocycles. The van der Waals surface area contributed by atoms with Crippen LogP contribution in [0.4, 0.5) is 11.8 Å². The van der Waals surface area contributed by atoms with Gasteiger partial charge in [-0.15, -0.1) is 10.2 Å². The van der Waals surface area contributed by atoms with Crippen molar-refractivity contribution in [3.63, 3.8) is 0 Å². The summed E-state index contributed by atoms with van der Waals surface area (Å²) >= 11 is 0. The summed E-state index contributed by atoms with van der Waals surface area (Å²) in [6.45, 7) is 1.41. The quantitative estimate of drug-likeness (QED) is 0.176. The van der Waals surface area contributed by atoms with E-state index in [4.69, 9.17) is 19.4 Å². The summed E-state index contributed by atoms with van der Waals surface area (Å²) in [5.74, 6) is 1.04. The molecule has 0 amide bonds. The van der Waals surface area contributed by atoms with Crippen LogP contribution in [0.15, 0.2) is 49.2 Å². The van der Waals surface area contributed by atoms with Crippen molar-refractivity contribution >= 4 is 29.4 Å². The van der Waals surface area contributed by atoms with E-state index in [1.165, 1.54) is 16.7 Å². The van der Waals surface area contributed by atoms with E-state index in [0.29, 0.717) is 42.4 Å². The summed E-state index contributed by atoms with van der Waals surface area (Å²) in [4.78, 5) is 31.0. The van der Waals surface area contributed by atoms with Crippen LogP contribution in [0, 0.1) is 0 Å². The van der Waals surface area contributed by atoms with Crippen LogP contribution in [0.5, 0.6) is 0 Å². The number of imidazole rings is 2. The van der Waals surface area contributed by atoms with Gasteiger partial charge in [0.05, 0.1) is 25.4 Å². The summed E-state index contributed by atoms with van der Waals surface area (Å²) in [5.41, 5.74) is 3.02. The van der Waals surface area contributed by atoms with Crippen molar-refractivity contribution in [2.75, 3.05) is 23.7 Å². The van der Waals surface area contributed by atoms with Crippen molar-refractivity contribution in [2.45, 2.75) is 37.4 Å². The van der Waals surface area contributed by atoms with Crippen molar-refractivity contribution in [3.05, 3.63) is 66.3 Å². The Morgan fingerprint density at radius 1 is 1.07 bits per heavy atom. The first-order chi connectivity index (χ1) is 20.5. The van der Waals surface area contributed by atoms with E-state index >= 15 is 0 Å². The lowest BCUT2D eigenvalue weighted by Crippen LogP contribution is -2.32. The Hall–Kier alpha value is -4.96. The van der Waals surface area contributed by atoms with E-state index in [9.17, 15) is 9.90 Å². The fourth-order valence-electron chi connectivity index (χ4n) is 4.88. The Kier molecular flexibility index (Phi) is 7.70. The van der Waals surface area contributed by atoms with Crippen LogP contribution in [0.25, 0.3) is 11.2 Å². The molecule has 0 spiro atoms. The highest BCUT2D eigenvalue weighted by molar-refractivity contribution is 5.84. The summed E-state index contributed by atoms with van der Waals surface area (Å²) in [6.07, 6.45) is 2.35. The topological polar surface area (TPSA) is 185 Å². The first-order valence-corrected chi connectivity index (χ1v) is 13.4. The van der Waals surface area contributed by atoms with Crippen LogP contribution >= 0.6 is 0 Å². The van der Waals surface area contributed by atoms with Gasteiger partial charge in [0.25, 0.3) is 6.47 Å². The first-order valence-electron chi connectivity index (χ1n) is 13.4. The predicted molar refractivity (Wildman–Crippen MR) is 148 cm³/mol. The second-order valence-electron chi connectivity index (χ2n) is 9.86. The normalized spacial score (nSPS) is 20.2. The number of nitrogens with one attached hydrogen (secondary N) is 2. The van der Waals surface area contributed by atoms with E-state index in [1.54, 1.807) is 17.9 Å². The van der Waals surface area contributed by atoms with Crippen LogP contribution in [-0.2, 0) is 41.2 Å². The van der Waals surface area contributed by atoms with Crippen molar-refractivity contribution in [1.82, 2.24) is 49.3 Å². The van der Waals surface area contributed by atoms with E-state index in [2.05, 4.69) is 48.1 Å². The summed E-state index contributed by atoms with van der Waals surface area (Å²) < 4.78 is 14.9. The minimum atomic E-state index is -1.26. The maximum absolute atomic E-state index is 11.4. The van der Waals surface area contributed by atoms with Crippen molar-refractivity contribution < 1.29 is 19.4 Å². The third-order valence-corrected chi connectivity index (χ3v) is 6.87. The number of aromatic nitrogens is 10. The minimum absolute atomic E-state index is 0.159. The lowest BCUT2D eigenvalue weighted by molar-refractivity contribution is -0.142. The zero-order valence-electron chi connectivity index (χ0n) is 23.0. The maximum atomic E-state index is 11.4. The highest BCUT2D eigenvalue weighted by Gasteiger charge is 2.49. The molecule has 0 aliphatic carbocycles. The van der Waals surface area contributed by atoms with Crippen molar-refractivity contribution in [3.8, 4) is 0 Å². The van der Waals surface area contributed by atoms with E-state index in [0.717, 1.165) is 12.1 Å². The number of aryl methyl sites for hydroxylation is 2. The molecule has 1 aromatic carbocycles. The van der Waals surface area contributed by atoms with Crippen LogP contribution in [0.2, 0.25) is 0 Å². The number of carbonyl (C=O) groups excluding carboxylic acids is 1. The zero-order valence-corrected chi connectivity index (χ0v) is 23.0. The highest BCUT2D eigenvalue weighted by atomic mass is 16.6. The van der Waals surface area contributed by atoms with Gasteiger partial charge in [-0.05, 0) is 17.2 Å². The molecule has 218 valence electrons. The third-order valence-electron chi connectivity index (χ3n) is 6.87. The average molecular weight is 575 g/mol. The number of ether oxygens (including phenoxy) is 2. The second-order valence-corrected chi connectivity index (χ2v) is 9.86. The second kappa shape index (κ2) is 11.9. The predicted octanol–water partition coefficient (Wildman–Crippen LogP) is 0.565. The molecule has 0 unspecified atom stereocenters. The number of rotatable bonds is 12. The van der Waals surface area contributed by atoms with E-state index in [1.807, 2.05) is 36.0 Å². The monoisotopic (exact) mass is 574 g/mol. The van der Waals surface area contributed by atoms with Crippen molar-refractivity contribution in [2.24, 2.45) is 14.1 Å². The minimum Gasteiger partial charge on any atom is -0.457 e. The molecule has 4 atom stereocenters. The molecule has 3 N–H and O–H groups in total. The maximum Gasteiger partial charge on any atom is 0.293 e. The number of tetrazole rings is 1. The number of aliphatic hydroxyl groups excluding tert-OH is 1. The molecule has 0 saturated carbocycles. The molecular formula is C26H30N12O4. The van der Waals surface area contributed by atoms with Gasteiger partial charge in [0, 0.05) is 32.8 Å². The van der Waals surface area contributed by atoms with Gasteiger partial charge in [0.15, 0.2) is 35.4 Å². The Balaban J connectivity index is 1.30. The Bertz CT molecular complexity index is 1650. The Morgan fingerprint density at radius 3 is 2.64 bits per heavy atom. The van der Waals surface area contributed by atoms with Crippen LogP contribution in [0.1, 0.15) is 29.4 Å². The van der Waals surface area contributed by atoms with Gasteiger partial charge in [0.2, 0.25) is 11.8 Å². The van der Waals surface area contributed by atoms with Gasteiger partial charge in [-0.1, -0.05) is 30.3 Å². The highest BCUT2D eigenvalue weighted by Crippen LogP contribution is 2.40. The lowest BCUT2D eigenvalue weighted by atomic mass is 10.1. The molecular weight excluding hydrogens is 544 g/mol. The number of nitrogens with zero attached hydrogens (tertiary/aromatic N) is 10. The van der Waals surface area contributed by atoms with Gasteiger partial charge in [-0.3, -0.25) is 9.36 Å². The molecule has 42 heavy (non-hydrogen) atoms. The molecule has 1 aliphatic rings. The number of benzene rings is 1. The van der Waals surface area contributed by atoms with Crippen LogP contribution < -0.4 is 10.6 Å². The number of aliphatic hydroxyl groups is 1. The number of fused-ring (bicyclic) bond motifs is 1. The number of anilines is 2. The average Bonchev–Trinajstić information content (AvgIpc) is 3.77. The number of hydrogen-bond acceptors (Lipinski definition) is 13. The van der Waals surface area contributed by atoms with Crippen molar-refractivity contribution in [1.29, 1.82) is 0 Å². The van der Waals surface area contributed by atoms with E-state index in [-0.39, 0.29) is 12.3 Å². The molecule has 16 nitrogen and oxygen atoms in total. The molecule has 5 aromatic rings. The number of carbonyl (C=O) groups is 1. The Labute approximate surface area is 239 Å². The van der Waals surface area contributed by atoms with Gasteiger partial charge in [-0.2, -0.15) is 14.8 Å². The largest absolute Gasteiger partial charge is 0.457 e. The van der Waals surface area contributed by atoms with Crippen LogP contribution in [-0.4, -0.2) is 86.2 Å². The van der Waals surface area contributed by atoms with Gasteiger partial charge >= 0.3 is 0 Å². The Morgan fingerprint density at radius 2 is 1.90 bits per heavy atom. The molecule has 0 radical (unpaired) electrons. The van der Waals surface area contributed by atoms with E-state index < -0.39 is 24.5 Å². The molecule has 1 aliphatic heterocycles. The molecule has 1 saturated heterocycles. The zero-order chi connectivity index (χ0) is 29.1. The summed E-state index contributed by atoms with van der Waals surface area (Å²) in [5, 5.41) is 29.6. The smallest absolute Gasteiger partial charge is 0.293 e. The van der Waals surface area contributed by atoms with Crippen LogP contribution in [0.3, 0.4) is 0 Å². The fourth-order valence-corrected chi connectivity index (χ4v) is 4.88. The SMILES string of the molecule is Cn1cnc(CCNc2nc(NCCc3ccccc3)c3ncn([C@@H]4O[C@H](c5nnn(C)n5)[C@@H](O)[C@H]4OC=O)c3n2)c1. The van der Waals surface area contributed by atoms with Gasteiger partial charge < -0.3 is 29.8 Å². The standard InChI is InChI=1S/C26H30N12O4/c1-36-12-17(29-13-36)9-11-28-26-31-22(27-10-8-16-6-4-3-5-7-16)18-24(32-26)38(14-30-18)25-21(41-15-39)19(40)20(42-25)23-33-35-37(2)34-23/h3-7,12-15,19-21,25,40H,8-11H2,1-2H3,(H2,27,28,31,32)/t19-,20+,21-,25-/m1/s1. The first kappa shape index (κ1) is 27.2. The lowest BCUT2D eigenvalue weighted by Gasteiger charge is -2.20. The molecule has 1 fully saturated rings. The molecule has 6 rings (SSSR count). The fraction of sp³-hybridized carbons (Fsp3) is 0.385. The molecule has 16 heteroatoms. The number of hydrogen-bond donors (Lipinski definition) is 3. The molecule has 5 heterocycles.